The van der Waals surface area contributed by atoms with Gasteiger partial charge in [0.2, 0.25) is 0 Å². The molecule has 0 amide bonds. The average Bonchev–Trinajstić information content (AvgIpc) is 2.25. The fourth-order valence-corrected chi connectivity index (χ4v) is 1.28. The Kier molecular flexibility index (Phi) is 4.14. The van der Waals surface area contributed by atoms with Crippen LogP contribution in [-0.4, -0.2) is 24.0 Å². The van der Waals surface area contributed by atoms with Crippen molar-refractivity contribution in [3.8, 4) is 5.75 Å². The Morgan fingerprint density at radius 2 is 1.76 bits per heavy atom. The van der Waals surface area contributed by atoms with E-state index >= 15 is 0 Å². The van der Waals surface area contributed by atoms with E-state index in [0.29, 0.717) is 0 Å². The van der Waals surface area contributed by atoms with Crippen LogP contribution in [0.5, 0.6) is 5.75 Å². The standard InChI is InChI=1S/C11H10F2O4/c1-17-6-4-7(12)11(8(13)5-6)9(14)2-3-10(15)16/h4-5H,2-3H2,1H3,(H,15,16). The van der Waals surface area contributed by atoms with E-state index in [-0.39, 0.29) is 5.75 Å². The maximum Gasteiger partial charge on any atom is 0.303 e. The quantitative estimate of drug-likeness (QED) is 0.805. The molecule has 0 aliphatic rings. The fraction of sp³-hybridized carbons (Fsp3) is 0.273. The Morgan fingerprint density at radius 1 is 1.24 bits per heavy atom. The molecule has 6 heteroatoms. The number of benzene rings is 1. The van der Waals surface area contributed by atoms with Crippen molar-refractivity contribution in [1.82, 2.24) is 0 Å². The predicted molar refractivity (Wildman–Crippen MR) is 54.1 cm³/mol. The maximum atomic E-state index is 13.4. The van der Waals surface area contributed by atoms with Gasteiger partial charge in [0.1, 0.15) is 17.4 Å². The van der Waals surface area contributed by atoms with Gasteiger partial charge < -0.3 is 9.84 Å². The highest BCUT2D eigenvalue weighted by Gasteiger charge is 2.19. The first-order valence-corrected chi connectivity index (χ1v) is 4.73. The number of Topliss-reactive ketones (excluding diaryl/α,β-unsaturated/α-hetero) is 1. The van der Waals surface area contributed by atoms with Gasteiger partial charge in [-0.2, -0.15) is 0 Å². The molecule has 0 radical (unpaired) electrons. The van der Waals surface area contributed by atoms with E-state index in [9.17, 15) is 18.4 Å². The number of hydrogen-bond acceptors (Lipinski definition) is 3. The number of carboxylic acids is 1. The summed E-state index contributed by atoms with van der Waals surface area (Å²) in [6.45, 7) is 0. The third-order valence-corrected chi connectivity index (χ3v) is 2.10. The van der Waals surface area contributed by atoms with Crippen LogP contribution >= 0.6 is 0 Å². The van der Waals surface area contributed by atoms with E-state index in [2.05, 4.69) is 4.74 Å². The van der Waals surface area contributed by atoms with Crippen LogP contribution in [0.1, 0.15) is 23.2 Å². The number of carbonyl (C=O) groups is 2. The van der Waals surface area contributed by atoms with E-state index < -0.39 is 41.8 Å². The Morgan fingerprint density at radius 3 is 2.18 bits per heavy atom. The smallest absolute Gasteiger partial charge is 0.303 e. The molecule has 1 N–H and O–H groups in total. The van der Waals surface area contributed by atoms with Gasteiger partial charge in [-0.15, -0.1) is 0 Å². The van der Waals surface area contributed by atoms with Crippen molar-refractivity contribution < 1.29 is 28.2 Å². The first kappa shape index (κ1) is 13.1. The Balaban J connectivity index is 2.97. The van der Waals surface area contributed by atoms with Crippen molar-refractivity contribution in [2.24, 2.45) is 0 Å². The molecule has 0 aromatic heterocycles. The molecule has 0 saturated heterocycles. The van der Waals surface area contributed by atoms with Gasteiger partial charge >= 0.3 is 5.97 Å². The SMILES string of the molecule is COc1cc(F)c(C(=O)CCC(=O)O)c(F)c1. The lowest BCUT2D eigenvalue weighted by atomic mass is 10.1. The van der Waals surface area contributed by atoms with Crippen LogP contribution in [-0.2, 0) is 4.79 Å². The van der Waals surface area contributed by atoms with Gasteiger partial charge in [-0.3, -0.25) is 9.59 Å². The summed E-state index contributed by atoms with van der Waals surface area (Å²) in [7, 11) is 1.24. The molecule has 0 unspecified atom stereocenters. The van der Waals surface area contributed by atoms with Crippen molar-refractivity contribution >= 4 is 11.8 Å². The molecule has 0 saturated carbocycles. The normalized spacial score (nSPS) is 10.1. The van der Waals surface area contributed by atoms with Crippen molar-refractivity contribution in [3.05, 3.63) is 29.3 Å². The van der Waals surface area contributed by atoms with Crippen LogP contribution in [0.3, 0.4) is 0 Å². The summed E-state index contributed by atoms with van der Waals surface area (Å²) < 4.78 is 31.4. The van der Waals surface area contributed by atoms with Gasteiger partial charge in [0.15, 0.2) is 5.78 Å². The first-order chi connectivity index (χ1) is 7.95. The number of ketones is 1. The third-order valence-electron chi connectivity index (χ3n) is 2.10. The van der Waals surface area contributed by atoms with Crippen molar-refractivity contribution in [2.45, 2.75) is 12.8 Å². The number of ether oxygens (including phenoxy) is 1. The van der Waals surface area contributed by atoms with Crippen LogP contribution in [0, 0.1) is 11.6 Å². The second-order valence-electron chi connectivity index (χ2n) is 3.28. The number of aliphatic carboxylic acids is 1. The van der Waals surface area contributed by atoms with Crippen LogP contribution in [0.2, 0.25) is 0 Å². The van der Waals surface area contributed by atoms with Gasteiger partial charge in [0.05, 0.1) is 19.1 Å². The highest BCUT2D eigenvalue weighted by atomic mass is 19.1. The first-order valence-electron chi connectivity index (χ1n) is 4.73. The van der Waals surface area contributed by atoms with E-state index in [0.717, 1.165) is 12.1 Å². The lowest BCUT2D eigenvalue weighted by Crippen LogP contribution is -2.09. The van der Waals surface area contributed by atoms with Crippen molar-refractivity contribution in [3.63, 3.8) is 0 Å². The summed E-state index contributed by atoms with van der Waals surface area (Å²) in [5, 5.41) is 8.37. The number of rotatable bonds is 5. The lowest BCUT2D eigenvalue weighted by molar-refractivity contribution is -0.136. The molecule has 1 aromatic rings. The minimum atomic E-state index is -1.20. The van der Waals surface area contributed by atoms with Gasteiger partial charge in [-0.1, -0.05) is 0 Å². The van der Waals surface area contributed by atoms with E-state index in [1.165, 1.54) is 7.11 Å². The molecule has 0 bridgehead atoms. The lowest BCUT2D eigenvalue weighted by Gasteiger charge is -2.06. The summed E-state index contributed by atoms with van der Waals surface area (Å²) in [4.78, 5) is 21.7. The highest BCUT2D eigenvalue weighted by molar-refractivity contribution is 5.98. The molecule has 0 aliphatic heterocycles. The van der Waals surface area contributed by atoms with Gasteiger partial charge in [-0.25, -0.2) is 8.78 Å². The fourth-order valence-electron chi connectivity index (χ4n) is 1.28. The summed E-state index contributed by atoms with van der Waals surface area (Å²) in [5.41, 5.74) is -0.730. The zero-order valence-corrected chi connectivity index (χ0v) is 9.00. The zero-order valence-electron chi connectivity index (χ0n) is 9.00. The van der Waals surface area contributed by atoms with Gasteiger partial charge in [0, 0.05) is 18.6 Å². The number of carbonyl (C=O) groups excluding carboxylic acids is 1. The Hall–Kier alpha value is -1.98. The monoisotopic (exact) mass is 244 g/mol. The molecule has 0 aliphatic carbocycles. The minimum absolute atomic E-state index is 0.0465. The molecule has 92 valence electrons. The van der Waals surface area contributed by atoms with E-state index in [4.69, 9.17) is 5.11 Å². The average molecular weight is 244 g/mol. The van der Waals surface area contributed by atoms with Gasteiger partial charge in [0.25, 0.3) is 0 Å². The molecule has 0 spiro atoms. The number of methoxy groups -OCH3 is 1. The molecule has 1 rings (SSSR count). The second kappa shape index (κ2) is 5.38. The molecule has 4 nitrogen and oxygen atoms in total. The topological polar surface area (TPSA) is 63.6 Å². The predicted octanol–water partition coefficient (Wildman–Crippen LogP) is 2.02. The number of halogens is 2. The maximum absolute atomic E-state index is 13.4. The van der Waals surface area contributed by atoms with Crippen LogP contribution < -0.4 is 4.74 Å². The molecule has 0 heterocycles. The Bertz CT molecular complexity index is 434. The highest BCUT2D eigenvalue weighted by Crippen LogP contribution is 2.21. The summed E-state index contributed by atoms with van der Waals surface area (Å²) in [6, 6.07) is 1.74. The van der Waals surface area contributed by atoms with E-state index in [1.54, 1.807) is 0 Å². The van der Waals surface area contributed by atoms with E-state index in [1.807, 2.05) is 0 Å². The molecule has 1 aromatic carbocycles. The molecule has 17 heavy (non-hydrogen) atoms. The summed E-state index contributed by atoms with van der Waals surface area (Å²) >= 11 is 0. The molecule has 0 atom stereocenters. The van der Waals surface area contributed by atoms with Gasteiger partial charge in [-0.05, 0) is 0 Å². The van der Waals surface area contributed by atoms with Crippen LogP contribution in [0.4, 0.5) is 8.78 Å². The molecular weight excluding hydrogens is 234 g/mol. The Labute approximate surface area is 95.8 Å². The third kappa shape index (κ3) is 3.24. The summed E-state index contributed by atoms with van der Waals surface area (Å²) in [5.74, 6) is -4.25. The van der Waals surface area contributed by atoms with Crippen molar-refractivity contribution in [1.29, 1.82) is 0 Å². The van der Waals surface area contributed by atoms with Crippen LogP contribution in [0.25, 0.3) is 0 Å². The molecule has 0 fully saturated rings. The largest absolute Gasteiger partial charge is 0.497 e. The minimum Gasteiger partial charge on any atom is -0.497 e. The summed E-state index contributed by atoms with van der Waals surface area (Å²) in [6.07, 6.45) is -0.917. The number of hydrogen-bond donors (Lipinski definition) is 1. The van der Waals surface area contributed by atoms with Crippen LogP contribution in [0.15, 0.2) is 12.1 Å². The van der Waals surface area contributed by atoms with Crippen molar-refractivity contribution in [2.75, 3.05) is 7.11 Å². The molecular formula is C11H10F2O4. The second-order valence-corrected chi connectivity index (χ2v) is 3.28. The zero-order chi connectivity index (χ0) is 13.0. The number of carboxylic acid groups (broad SMARTS) is 1.